The molecule has 4 aliphatic rings. The highest BCUT2D eigenvalue weighted by atomic mass is 16.7. The van der Waals surface area contributed by atoms with Gasteiger partial charge in [0.2, 0.25) is 53.0 Å². The first kappa shape index (κ1) is 71.7. The second kappa shape index (κ2) is 32.6. The van der Waals surface area contributed by atoms with E-state index in [-0.39, 0.29) is 117 Å². The molecule has 18 N–H and O–H groups in total. The topological polar surface area (TPSA) is 497 Å². The van der Waals surface area contributed by atoms with Crippen LogP contribution >= 0.6 is 0 Å². The van der Waals surface area contributed by atoms with Gasteiger partial charge in [-0.25, -0.2) is 0 Å². The summed E-state index contributed by atoms with van der Waals surface area (Å²) < 4.78 is 17.6. The van der Waals surface area contributed by atoms with Crippen LogP contribution in [0.25, 0.3) is 0 Å². The predicted molar refractivity (Wildman–Crippen MR) is 320 cm³/mol. The monoisotopic (exact) mass is 1280 g/mol. The molecule has 2 heterocycles. The van der Waals surface area contributed by atoms with Gasteiger partial charge in [-0.1, -0.05) is 32.4 Å². The van der Waals surface area contributed by atoms with Gasteiger partial charge >= 0.3 is 0 Å². The summed E-state index contributed by atoms with van der Waals surface area (Å²) in [4.78, 5) is 153. The number of phenols is 2. The van der Waals surface area contributed by atoms with Gasteiger partial charge in [-0.15, -0.1) is 0 Å². The predicted octanol–water partition coefficient (Wildman–Crippen LogP) is -2.94. The van der Waals surface area contributed by atoms with Crippen LogP contribution in [0.5, 0.6) is 17.2 Å². The van der Waals surface area contributed by atoms with Crippen LogP contribution in [0.4, 0.5) is 0 Å². The minimum absolute atomic E-state index is 0.00192. The molecular weight excluding hydrogens is 1190 g/mol. The smallest absolute Gasteiger partial charge is 0.245 e. The van der Waals surface area contributed by atoms with Crippen LogP contribution in [0.1, 0.15) is 160 Å². The summed E-state index contributed by atoms with van der Waals surface area (Å²) in [6.45, 7) is 4.28. The lowest BCUT2D eigenvalue weighted by molar-refractivity contribution is -0.249. The Morgan fingerprint density at radius 1 is 0.846 bits per heavy atom. The number of rotatable bonds is 21. The maximum absolute atomic E-state index is 14.1. The summed E-state index contributed by atoms with van der Waals surface area (Å²) in [5.74, 6) is -10.7. The summed E-state index contributed by atoms with van der Waals surface area (Å²) in [5, 5.41) is 87.7. The molecule has 2 aliphatic heterocycles. The molecule has 0 saturated carbocycles. The van der Waals surface area contributed by atoms with E-state index in [2.05, 4.69) is 47.5 Å². The molecule has 2 aliphatic carbocycles. The molecule has 31 heteroatoms. The second-order valence-corrected chi connectivity index (χ2v) is 23.6. The van der Waals surface area contributed by atoms with Crippen molar-refractivity contribution in [3.05, 3.63) is 51.6 Å². The second-order valence-electron chi connectivity index (χ2n) is 23.6. The number of aliphatic imine (C=N–C) groups is 1. The number of ether oxygens (including phenoxy) is 3. The minimum atomic E-state index is -2.42. The maximum Gasteiger partial charge on any atom is 0.245 e. The third-order valence-corrected chi connectivity index (χ3v) is 16.2. The van der Waals surface area contributed by atoms with E-state index >= 15 is 0 Å². The average Bonchev–Trinajstić information content (AvgIpc) is 0.716. The van der Waals surface area contributed by atoms with Gasteiger partial charge in [-0.3, -0.25) is 57.7 Å². The molecule has 500 valence electrons. The summed E-state index contributed by atoms with van der Waals surface area (Å²) in [7, 11) is 1.28. The number of benzene rings is 2. The van der Waals surface area contributed by atoms with Crippen LogP contribution in [0.2, 0.25) is 0 Å². The highest BCUT2D eigenvalue weighted by molar-refractivity contribution is 6.31. The first-order chi connectivity index (χ1) is 43.1. The van der Waals surface area contributed by atoms with Gasteiger partial charge in [-0.05, 0) is 70.3 Å². The van der Waals surface area contributed by atoms with Crippen LogP contribution in [0.3, 0.4) is 0 Å². The summed E-state index contributed by atoms with van der Waals surface area (Å²) in [6.07, 6.45) is -5.70. The van der Waals surface area contributed by atoms with Gasteiger partial charge in [0.25, 0.3) is 0 Å². The van der Waals surface area contributed by atoms with Gasteiger partial charge in [0.1, 0.15) is 65.8 Å². The lowest BCUT2D eigenvalue weighted by Crippen LogP contribution is -2.60. The van der Waals surface area contributed by atoms with E-state index in [0.29, 0.717) is 12.8 Å². The number of aliphatic hydroxyl groups is 4. The fraction of sp³-hybridized carbons (Fsp3) is 0.600. The van der Waals surface area contributed by atoms with Crippen molar-refractivity contribution in [3.8, 4) is 17.2 Å². The van der Waals surface area contributed by atoms with Gasteiger partial charge in [0.05, 0.1) is 55.1 Å². The van der Waals surface area contributed by atoms with Crippen LogP contribution in [0, 0.1) is 5.92 Å². The van der Waals surface area contributed by atoms with Gasteiger partial charge in [0.15, 0.2) is 23.8 Å². The van der Waals surface area contributed by atoms with Crippen LogP contribution in [0.15, 0.2) is 23.2 Å². The number of hydrogen-bond donors (Lipinski definition) is 16. The van der Waals surface area contributed by atoms with Gasteiger partial charge in [0, 0.05) is 68.9 Å². The van der Waals surface area contributed by atoms with Crippen molar-refractivity contribution in [1.29, 1.82) is 0 Å². The number of carbonyl (C=O) groups excluding carboxylic acids is 11. The third-order valence-electron chi connectivity index (χ3n) is 16.2. The Morgan fingerprint density at radius 2 is 1.53 bits per heavy atom. The molecule has 4 unspecified atom stereocenters. The fourth-order valence-electron chi connectivity index (χ4n) is 11.5. The Hall–Kier alpha value is -8.36. The molecule has 0 bridgehead atoms. The van der Waals surface area contributed by atoms with Crippen molar-refractivity contribution in [1.82, 2.24) is 42.5 Å². The number of amides is 8. The zero-order chi connectivity index (χ0) is 67.0. The molecule has 0 aromatic heterocycles. The molecule has 0 radical (unpaired) electrons. The number of aromatic hydroxyl groups is 2. The van der Waals surface area contributed by atoms with Crippen molar-refractivity contribution >= 4 is 70.6 Å². The number of carbonyl (C=O) groups is 11. The number of aliphatic hydroxyl groups excluding tert-OH is 3. The highest BCUT2D eigenvalue weighted by Gasteiger charge is 2.51. The lowest BCUT2D eigenvalue weighted by atomic mass is 9.72. The van der Waals surface area contributed by atoms with Crippen molar-refractivity contribution in [2.24, 2.45) is 22.4 Å². The number of fused-ring (bicyclic) bond motifs is 3. The van der Waals surface area contributed by atoms with E-state index in [9.17, 15) is 83.4 Å². The number of phenolic OH excluding ortho intramolecular Hbond substituents is 2. The molecule has 91 heavy (non-hydrogen) atoms. The quantitative estimate of drug-likeness (QED) is 0.0220. The normalized spacial score (nSPS) is 26.0. The Balaban J connectivity index is 1.09. The zero-order valence-corrected chi connectivity index (χ0v) is 51.5. The Kier molecular flexibility index (Phi) is 25.7. The fourth-order valence-corrected chi connectivity index (χ4v) is 11.5. The van der Waals surface area contributed by atoms with E-state index in [1.807, 2.05) is 0 Å². The minimum Gasteiger partial charge on any atom is -0.507 e. The molecule has 2 saturated heterocycles. The molecule has 11 atom stereocenters. The maximum atomic E-state index is 14.1. The number of unbranched alkanes of at least 4 members (excludes halogenated alkanes) is 2. The summed E-state index contributed by atoms with van der Waals surface area (Å²) in [5.41, 5.74) is 6.49. The molecule has 2 aromatic rings. The molecule has 2 aromatic carbocycles. The van der Waals surface area contributed by atoms with Crippen molar-refractivity contribution in [2.75, 3.05) is 40.0 Å². The number of nitrogens with one attached hydrogen (secondary N) is 8. The Morgan fingerprint density at radius 3 is 2.20 bits per heavy atom. The summed E-state index contributed by atoms with van der Waals surface area (Å²) >= 11 is 0. The number of nitrogens with two attached hydrogens (primary N) is 2. The van der Waals surface area contributed by atoms with E-state index in [1.165, 1.54) is 32.2 Å². The Bertz CT molecular complexity index is 3100. The van der Waals surface area contributed by atoms with Crippen molar-refractivity contribution in [3.63, 3.8) is 0 Å². The first-order valence-corrected chi connectivity index (χ1v) is 30.3. The van der Waals surface area contributed by atoms with Crippen LogP contribution in [-0.4, -0.2) is 202 Å². The zero-order valence-electron chi connectivity index (χ0n) is 51.5. The standard InChI is InChI=1S/C60H85N11O20/c1-28(2)21-36-56(85)69-34(15-12-20-65-59(61)62)55(84)71-38(26-72)58(87)68-33(14-8-10-18-63-43(77)22-37(57(86)70-36)66-30(4)74)54(83)64-19-9-6-7-17-42(76)67-35-23-44(90-29(3)49(35)78)91-40-25-60(88,41(75)27-73)24-32-46(40)53(82)48-47(51(32)80)50(79)31-13-11-16-39(89-5)45(31)52(48)81/h11,13,16,28-29,33-38,40,44,49,72-73,78,80,82,88H,6-10,12,14-15,17-27H2,1-5H3,(H,63,77)(H,64,83)(H,66,74)(H,67,76)(H,68,87)(H,69,85)(H,70,86)(H,71,84)(H4,61,62,65)/t29?,33-,34-,35?,36-,37-,38-,40-,44?,49?,60-/m0/s1. The molecule has 6 rings (SSSR count). The molecule has 2 fully saturated rings. The molecule has 8 amide bonds. The van der Waals surface area contributed by atoms with Crippen molar-refractivity contribution < 1.29 is 97.6 Å². The van der Waals surface area contributed by atoms with Crippen LogP contribution in [-0.2, 0) is 59.0 Å². The first-order valence-electron chi connectivity index (χ1n) is 30.3. The van der Waals surface area contributed by atoms with E-state index in [4.69, 9.17) is 25.7 Å². The molecule has 31 nitrogen and oxygen atoms in total. The average molecular weight is 1280 g/mol. The largest absolute Gasteiger partial charge is 0.507 e. The van der Waals surface area contributed by atoms with E-state index < -0.39 is 186 Å². The van der Waals surface area contributed by atoms with Gasteiger partial charge < -0.3 is 98.9 Å². The number of methoxy groups -OCH3 is 1. The highest BCUT2D eigenvalue weighted by Crippen LogP contribution is 2.52. The summed E-state index contributed by atoms with van der Waals surface area (Å²) in [6, 6.07) is -3.71. The number of Topliss-reactive ketones (excluding diaryl/α,β-unsaturated/α-hetero) is 1. The van der Waals surface area contributed by atoms with Crippen LogP contribution < -0.4 is 58.7 Å². The lowest BCUT2D eigenvalue weighted by Gasteiger charge is -2.43. The van der Waals surface area contributed by atoms with E-state index in [1.54, 1.807) is 13.8 Å². The number of nitrogens with zero attached hydrogens (tertiary/aromatic N) is 1. The number of hydrogen-bond acceptors (Lipinski definition) is 21. The van der Waals surface area contributed by atoms with E-state index in [0.717, 1.165) is 6.92 Å². The third kappa shape index (κ3) is 18.4. The molecular formula is C60H85N11O20. The number of guanidine groups is 1. The number of ketones is 3. The van der Waals surface area contributed by atoms with Gasteiger partial charge in [-0.2, -0.15) is 0 Å². The SMILES string of the molecule is COc1cccc2c1C(=O)c1c(O)c3c(c(O)c1C2=O)C[C@@](O)(C(=O)CO)C[C@@H]3OC1CC(NC(=O)CCCCCNC(=O)[C@@H]2CCCCNC(=O)C[C@H](NC(C)=O)C(=O)N[C@@H](CC(C)C)C(=O)N[C@@H](CCCN=C(N)N)C(=O)N[C@@H](CO)C(=O)N2)C(O)C(C)O1. The molecule has 0 spiro atoms. The Labute approximate surface area is 524 Å². The van der Waals surface area contributed by atoms with Crippen molar-refractivity contribution in [2.45, 2.75) is 184 Å².